The molecular formula is C8H5F3N2O6. The van der Waals surface area contributed by atoms with Gasteiger partial charge in [0.15, 0.2) is 0 Å². The Balaban J connectivity index is 3.44. The summed E-state index contributed by atoms with van der Waals surface area (Å²) in [5.41, 5.74) is -3.55. The summed E-state index contributed by atoms with van der Waals surface area (Å²) in [6.45, 7) is 0. The van der Waals surface area contributed by atoms with Gasteiger partial charge in [-0.15, -0.1) is 13.2 Å². The first-order valence-electron chi connectivity index (χ1n) is 4.41. The second-order valence-corrected chi connectivity index (χ2v) is 3.02. The SMILES string of the molecule is COC(=O)c1cc([N+](=O)[O-])c(OC(F)(F)F)c(=O)[nH]1. The van der Waals surface area contributed by atoms with Crippen LogP contribution in [0.5, 0.6) is 5.75 Å². The topological polar surface area (TPSA) is 112 Å². The minimum absolute atomic E-state index is 0.411. The van der Waals surface area contributed by atoms with E-state index < -0.39 is 39.9 Å². The Hall–Kier alpha value is -2.59. The second kappa shape index (κ2) is 4.96. The van der Waals surface area contributed by atoms with Gasteiger partial charge < -0.3 is 14.5 Å². The molecule has 0 saturated heterocycles. The van der Waals surface area contributed by atoms with Crippen LogP contribution in [0.25, 0.3) is 0 Å². The van der Waals surface area contributed by atoms with Crippen molar-refractivity contribution >= 4 is 11.7 Å². The first-order valence-corrected chi connectivity index (χ1v) is 4.41. The number of halogens is 3. The third-order valence-corrected chi connectivity index (χ3v) is 1.79. The van der Waals surface area contributed by atoms with Gasteiger partial charge in [0.1, 0.15) is 5.69 Å². The van der Waals surface area contributed by atoms with Crippen molar-refractivity contribution in [2.24, 2.45) is 0 Å². The predicted octanol–water partition coefficient (Wildman–Crippen LogP) is 0.968. The highest BCUT2D eigenvalue weighted by molar-refractivity contribution is 5.88. The van der Waals surface area contributed by atoms with Crippen LogP contribution in [0, 0.1) is 10.1 Å². The number of nitro groups is 1. The van der Waals surface area contributed by atoms with Gasteiger partial charge >= 0.3 is 18.0 Å². The maximum absolute atomic E-state index is 12.0. The number of rotatable bonds is 3. The summed E-state index contributed by atoms with van der Waals surface area (Å²) in [6, 6.07) is 0.411. The second-order valence-electron chi connectivity index (χ2n) is 3.02. The molecule has 0 amide bonds. The number of carbonyl (C=O) groups excluding carboxylic acids is 1. The largest absolute Gasteiger partial charge is 0.573 e. The number of pyridine rings is 1. The number of nitrogens with one attached hydrogen (secondary N) is 1. The van der Waals surface area contributed by atoms with E-state index in [0.717, 1.165) is 7.11 Å². The van der Waals surface area contributed by atoms with Crippen molar-refractivity contribution in [3.63, 3.8) is 0 Å². The molecule has 0 unspecified atom stereocenters. The molecule has 1 aromatic heterocycles. The lowest BCUT2D eigenvalue weighted by molar-refractivity contribution is -0.388. The highest BCUT2D eigenvalue weighted by Gasteiger charge is 2.37. The van der Waals surface area contributed by atoms with Crippen LogP contribution in [0.15, 0.2) is 10.9 Å². The van der Waals surface area contributed by atoms with Crippen LogP contribution in [0.1, 0.15) is 10.5 Å². The van der Waals surface area contributed by atoms with Gasteiger partial charge in [-0.1, -0.05) is 0 Å². The minimum Gasteiger partial charge on any atom is -0.464 e. The van der Waals surface area contributed by atoms with Crippen LogP contribution in [0.2, 0.25) is 0 Å². The number of esters is 1. The van der Waals surface area contributed by atoms with Gasteiger partial charge in [-0.25, -0.2) is 4.79 Å². The molecule has 0 bridgehead atoms. The van der Waals surface area contributed by atoms with E-state index in [1.807, 2.05) is 0 Å². The van der Waals surface area contributed by atoms with E-state index in [4.69, 9.17) is 0 Å². The normalized spacial score (nSPS) is 10.9. The van der Waals surface area contributed by atoms with E-state index in [-0.39, 0.29) is 0 Å². The zero-order valence-electron chi connectivity index (χ0n) is 9.11. The molecule has 8 nitrogen and oxygen atoms in total. The highest BCUT2D eigenvalue weighted by atomic mass is 19.4. The lowest BCUT2D eigenvalue weighted by atomic mass is 10.3. The number of H-pyrrole nitrogens is 1. The summed E-state index contributed by atoms with van der Waals surface area (Å²) in [5, 5.41) is 10.6. The molecule has 0 radical (unpaired) electrons. The fourth-order valence-electron chi connectivity index (χ4n) is 1.10. The van der Waals surface area contributed by atoms with Gasteiger partial charge in [0.25, 0.3) is 11.3 Å². The molecule has 11 heteroatoms. The summed E-state index contributed by atoms with van der Waals surface area (Å²) in [7, 11) is 0.923. The van der Waals surface area contributed by atoms with Crippen molar-refractivity contribution in [3.8, 4) is 5.75 Å². The third-order valence-electron chi connectivity index (χ3n) is 1.79. The molecule has 1 N–H and O–H groups in total. The molecule has 1 aromatic rings. The number of carbonyl (C=O) groups is 1. The van der Waals surface area contributed by atoms with Gasteiger partial charge in [-0.3, -0.25) is 14.9 Å². The number of nitrogens with zero attached hydrogens (tertiary/aromatic N) is 1. The smallest absolute Gasteiger partial charge is 0.464 e. The fourth-order valence-corrected chi connectivity index (χ4v) is 1.10. The van der Waals surface area contributed by atoms with Crippen LogP contribution < -0.4 is 10.3 Å². The molecular weight excluding hydrogens is 277 g/mol. The van der Waals surface area contributed by atoms with E-state index in [0.29, 0.717) is 6.07 Å². The van der Waals surface area contributed by atoms with Gasteiger partial charge in [0.05, 0.1) is 18.1 Å². The zero-order chi connectivity index (χ0) is 14.8. The van der Waals surface area contributed by atoms with Gasteiger partial charge in [-0.2, -0.15) is 0 Å². The molecule has 104 valence electrons. The molecule has 0 aliphatic heterocycles. The fraction of sp³-hybridized carbons (Fsp3) is 0.250. The number of alkyl halides is 3. The van der Waals surface area contributed by atoms with Crippen molar-refractivity contribution in [2.75, 3.05) is 7.11 Å². The lowest BCUT2D eigenvalue weighted by Gasteiger charge is -2.08. The molecule has 0 aromatic carbocycles. The van der Waals surface area contributed by atoms with Crippen molar-refractivity contribution in [3.05, 3.63) is 32.2 Å². The Kier molecular flexibility index (Phi) is 3.77. The average molecular weight is 282 g/mol. The molecule has 0 fully saturated rings. The first kappa shape index (κ1) is 14.5. The monoisotopic (exact) mass is 282 g/mol. The summed E-state index contributed by atoms with van der Waals surface area (Å²) >= 11 is 0. The van der Waals surface area contributed by atoms with Crippen molar-refractivity contribution in [1.29, 1.82) is 0 Å². The number of aromatic amines is 1. The van der Waals surface area contributed by atoms with Crippen LogP contribution in [-0.2, 0) is 4.74 Å². The quantitative estimate of drug-likeness (QED) is 0.502. The number of ether oxygens (including phenoxy) is 2. The van der Waals surface area contributed by atoms with E-state index in [9.17, 15) is 32.9 Å². The highest BCUT2D eigenvalue weighted by Crippen LogP contribution is 2.28. The number of methoxy groups -OCH3 is 1. The van der Waals surface area contributed by atoms with Crippen molar-refractivity contribution in [1.82, 2.24) is 4.98 Å². The van der Waals surface area contributed by atoms with Gasteiger partial charge in [0.2, 0.25) is 0 Å². The average Bonchev–Trinajstić information content (AvgIpc) is 2.28. The van der Waals surface area contributed by atoms with E-state index in [1.165, 1.54) is 0 Å². The van der Waals surface area contributed by atoms with Crippen LogP contribution >= 0.6 is 0 Å². The number of hydrogen-bond acceptors (Lipinski definition) is 6. The standard InChI is InChI=1S/C8H5F3N2O6/c1-18-7(15)3-2-4(13(16)17)5(6(14)12-3)19-8(9,10)11/h2H,1H3,(H,12,14). The van der Waals surface area contributed by atoms with Gasteiger partial charge in [0, 0.05) is 0 Å². The molecule has 0 saturated carbocycles. The van der Waals surface area contributed by atoms with Crippen LogP contribution in [0.4, 0.5) is 18.9 Å². The number of hydrogen-bond donors (Lipinski definition) is 1. The van der Waals surface area contributed by atoms with Crippen molar-refractivity contribution < 1.29 is 32.4 Å². The van der Waals surface area contributed by atoms with E-state index in [1.54, 1.807) is 4.98 Å². The first-order chi connectivity index (χ1) is 8.65. The van der Waals surface area contributed by atoms with E-state index in [2.05, 4.69) is 9.47 Å². The van der Waals surface area contributed by atoms with Crippen LogP contribution in [-0.4, -0.2) is 29.3 Å². The Labute approximate surface area is 101 Å². The molecule has 1 rings (SSSR count). The number of aromatic nitrogens is 1. The van der Waals surface area contributed by atoms with Crippen LogP contribution in [0.3, 0.4) is 0 Å². The maximum Gasteiger partial charge on any atom is 0.573 e. The zero-order valence-corrected chi connectivity index (χ0v) is 9.11. The Morgan fingerprint density at radius 3 is 2.47 bits per heavy atom. The van der Waals surface area contributed by atoms with Crippen molar-refractivity contribution in [2.45, 2.75) is 6.36 Å². The summed E-state index contributed by atoms with van der Waals surface area (Å²) < 4.78 is 43.4. The summed E-state index contributed by atoms with van der Waals surface area (Å²) in [6.07, 6.45) is -5.29. The lowest BCUT2D eigenvalue weighted by Crippen LogP contribution is -2.25. The third kappa shape index (κ3) is 3.43. The minimum atomic E-state index is -5.29. The molecule has 0 aliphatic rings. The maximum atomic E-state index is 12.0. The molecule has 0 atom stereocenters. The Morgan fingerprint density at radius 1 is 1.47 bits per heavy atom. The Morgan fingerprint density at radius 2 is 2.05 bits per heavy atom. The summed E-state index contributed by atoms with van der Waals surface area (Å²) in [4.78, 5) is 33.3. The molecule has 19 heavy (non-hydrogen) atoms. The Bertz CT molecular complexity index is 579. The summed E-state index contributed by atoms with van der Waals surface area (Å²) in [5.74, 6) is -2.72. The predicted molar refractivity (Wildman–Crippen MR) is 51.7 cm³/mol. The molecule has 0 spiro atoms. The molecule has 1 heterocycles. The van der Waals surface area contributed by atoms with E-state index >= 15 is 0 Å². The van der Waals surface area contributed by atoms with Gasteiger partial charge in [-0.05, 0) is 0 Å². The molecule has 0 aliphatic carbocycles.